The van der Waals surface area contributed by atoms with Gasteiger partial charge in [0.1, 0.15) is 5.75 Å². The van der Waals surface area contributed by atoms with E-state index in [1.54, 1.807) is 4.90 Å². The van der Waals surface area contributed by atoms with E-state index in [2.05, 4.69) is 5.32 Å². The Labute approximate surface area is 149 Å². The van der Waals surface area contributed by atoms with Gasteiger partial charge in [0, 0.05) is 31.8 Å². The van der Waals surface area contributed by atoms with Crippen molar-refractivity contribution < 1.29 is 19.1 Å². The molecule has 1 aliphatic heterocycles. The van der Waals surface area contributed by atoms with Gasteiger partial charge >= 0.3 is 0 Å². The zero-order valence-corrected chi connectivity index (χ0v) is 15.3. The van der Waals surface area contributed by atoms with Gasteiger partial charge in [-0.3, -0.25) is 9.59 Å². The van der Waals surface area contributed by atoms with E-state index < -0.39 is 0 Å². The number of amides is 2. The lowest BCUT2D eigenvalue weighted by Crippen LogP contribution is -2.34. The average Bonchev–Trinajstić information content (AvgIpc) is 2.97. The third-order valence-corrected chi connectivity index (χ3v) is 4.03. The zero-order valence-electron chi connectivity index (χ0n) is 15.3. The lowest BCUT2D eigenvalue weighted by Gasteiger charge is -2.17. The molecule has 1 unspecified atom stereocenters. The van der Waals surface area contributed by atoms with Crippen LogP contribution in [0.3, 0.4) is 0 Å². The van der Waals surface area contributed by atoms with Gasteiger partial charge in [0.15, 0.2) is 0 Å². The number of anilines is 1. The van der Waals surface area contributed by atoms with Gasteiger partial charge in [-0.15, -0.1) is 0 Å². The number of nitrogens with zero attached hydrogens (tertiary/aromatic N) is 1. The van der Waals surface area contributed by atoms with E-state index in [0.29, 0.717) is 26.3 Å². The molecule has 1 saturated heterocycles. The monoisotopic (exact) mass is 348 g/mol. The van der Waals surface area contributed by atoms with Crippen molar-refractivity contribution in [2.75, 3.05) is 31.2 Å². The van der Waals surface area contributed by atoms with E-state index in [1.165, 1.54) is 0 Å². The van der Waals surface area contributed by atoms with Crippen LogP contribution in [-0.4, -0.2) is 44.2 Å². The number of carbonyl (C=O) groups excluding carboxylic acids is 2. The molecule has 6 nitrogen and oxygen atoms in total. The Morgan fingerprint density at radius 3 is 2.68 bits per heavy atom. The predicted molar refractivity (Wildman–Crippen MR) is 96.8 cm³/mol. The molecule has 138 valence electrons. The van der Waals surface area contributed by atoms with Crippen LogP contribution in [0.25, 0.3) is 0 Å². The van der Waals surface area contributed by atoms with Gasteiger partial charge in [-0.05, 0) is 51.5 Å². The second-order valence-electron chi connectivity index (χ2n) is 6.40. The molecule has 1 N–H and O–H groups in total. The molecule has 0 bridgehead atoms. The first-order valence-electron chi connectivity index (χ1n) is 8.93. The van der Waals surface area contributed by atoms with Crippen LogP contribution in [-0.2, 0) is 14.3 Å². The number of hydrogen-bond acceptors (Lipinski definition) is 4. The lowest BCUT2D eigenvalue weighted by molar-refractivity contribution is -0.126. The van der Waals surface area contributed by atoms with E-state index >= 15 is 0 Å². The van der Waals surface area contributed by atoms with Crippen LogP contribution >= 0.6 is 0 Å². The molecule has 2 rings (SSSR count). The van der Waals surface area contributed by atoms with Crippen molar-refractivity contribution in [1.82, 2.24) is 5.32 Å². The standard InChI is InChI=1S/C19H28N2O4/c1-4-24-17-8-6-16(7-9-17)21-13-15(12-18(21)22)19(23)20-10-5-11-25-14(2)3/h6-9,14-15H,4-5,10-13H2,1-3H3,(H,20,23). The largest absolute Gasteiger partial charge is 0.494 e. The van der Waals surface area contributed by atoms with Gasteiger partial charge in [0.25, 0.3) is 0 Å². The molecule has 0 aliphatic carbocycles. The molecule has 1 atom stereocenters. The SMILES string of the molecule is CCOc1ccc(N2CC(C(=O)NCCCOC(C)C)CC2=O)cc1. The topological polar surface area (TPSA) is 67.9 Å². The Morgan fingerprint density at radius 1 is 1.32 bits per heavy atom. The van der Waals surface area contributed by atoms with Gasteiger partial charge in [-0.1, -0.05) is 0 Å². The molecule has 0 aromatic heterocycles. The van der Waals surface area contributed by atoms with Crippen molar-refractivity contribution >= 4 is 17.5 Å². The quantitative estimate of drug-likeness (QED) is 0.696. The lowest BCUT2D eigenvalue weighted by atomic mass is 10.1. The van der Waals surface area contributed by atoms with Crippen LogP contribution in [0.2, 0.25) is 0 Å². The Kier molecular flexibility index (Phi) is 7.25. The van der Waals surface area contributed by atoms with Gasteiger partial charge in [0.05, 0.1) is 18.6 Å². The maximum Gasteiger partial charge on any atom is 0.227 e. The number of ether oxygens (including phenoxy) is 2. The molecule has 2 amide bonds. The number of hydrogen-bond donors (Lipinski definition) is 1. The fourth-order valence-corrected chi connectivity index (χ4v) is 2.77. The van der Waals surface area contributed by atoms with Gasteiger partial charge < -0.3 is 19.7 Å². The van der Waals surface area contributed by atoms with Crippen LogP contribution < -0.4 is 15.0 Å². The number of benzene rings is 1. The minimum absolute atomic E-state index is 0.0209. The minimum atomic E-state index is -0.301. The Bertz CT molecular complexity index is 571. The first kappa shape index (κ1) is 19.2. The molecule has 1 aromatic carbocycles. The summed E-state index contributed by atoms with van der Waals surface area (Å²) in [5, 5.41) is 2.90. The van der Waals surface area contributed by atoms with Crippen molar-refractivity contribution in [3.05, 3.63) is 24.3 Å². The van der Waals surface area contributed by atoms with Gasteiger partial charge in [-0.25, -0.2) is 0 Å². The fourth-order valence-electron chi connectivity index (χ4n) is 2.77. The summed E-state index contributed by atoms with van der Waals surface area (Å²) < 4.78 is 10.9. The smallest absolute Gasteiger partial charge is 0.227 e. The number of rotatable bonds is 9. The van der Waals surface area contributed by atoms with Crippen molar-refractivity contribution in [3.8, 4) is 5.75 Å². The number of nitrogens with one attached hydrogen (secondary N) is 1. The van der Waals surface area contributed by atoms with Gasteiger partial charge in [0.2, 0.25) is 11.8 Å². The molecular formula is C19H28N2O4. The maximum atomic E-state index is 12.3. The van der Waals surface area contributed by atoms with E-state index in [1.807, 2.05) is 45.0 Å². The molecule has 0 radical (unpaired) electrons. The van der Waals surface area contributed by atoms with E-state index in [-0.39, 0.29) is 30.3 Å². The molecule has 0 spiro atoms. The van der Waals surface area contributed by atoms with Crippen molar-refractivity contribution in [2.45, 2.75) is 39.7 Å². The van der Waals surface area contributed by atoms with E-state index in [9.17, 15) is 9.59 Å². The summed E-state index contributed by atoms with van der Waals surface area (Å²) in [5.74, 6) is 0.389. The van der Waals surface area contributed by atoms with Crippen LogP contribution in [0, 0.1) is 5.92 Å². The summed E-state index contributed by atoms with van der Waals surface area (Å²) >= 11 is 0. The summed E-state index contributed by atoms with van der Waals surface area (Å²) in [6.07, 6.45) is 1.22. The normalized spacial score (nSPS) is 17.2. The summed E-state index contributed by atoms with van der Waals surface area (Å²) in [6.45, 7) is 8.11. The van der Waals surface area contributed by atoms with Crippen LogP contribution in [0.15, 0.2) is 24.3 Å². The molecule has 25 heavy (non-hydrogen) atoms. The first-order chi connectivity index (χ1) is 12.0. The Morgan fingerprint density at radius 2 is 2.04 bits per heavy atom. The average molecular weight is 348 g/mol. The molecule has 1 heterocycles. The second kappa shape index (κ2) is 9.42. The van der Waals surface area contributed by atoms with Crippen molar-refractivity contribution in [1.29, 1.82) is 0 Å². The first-order valence-corrected chi connectivity index (χ1v) is 8.93. The summed E-state index contributed by atoms with van der Waals surface area (Å²) in [6, 6.07) is 7.39. The minimum Gasteiger partial charge on any atom is -0.494 e. The molecule has 0 saturated carbocycles. The highest BCUT2D eigenvalue weighted by molar-refractivity contribution is 6.00. The molecule has 6 heteroatoms. The highest BCUT2D eigenvalue weighted by Gasteiger charge is 2.34. The Hall–Kier alpha value is -2.08. The summed E-state index contributed by atoms with van der Waals surface area (Å²) in [7, 11) is 0. The van der Waals surface area contributed by atoms with Crippen LogP contribution in [0.4, 0.5) is 5.69 Å². The second-order valence-corrected chi connectivity index (χ2v) is 6.40. The van der Waals surface area contributed by atoms with Crippen LogP contribution in [0.1, 0.15) is 33.6 Å². The van der Waals surface area contributed by atoms with Crippen molar-refractivity contribution in [3.63, 3.8) is 0 Å². The molecular weight excluding hydrogens is 320 g/mol. The van der Waals surface area contributed by atoms with Gasteiger partial charge in [-0.2, -0.15) is 0 Å². The van der Waals surface area contributed by atoms with Crippen molar-refractivity contribution in [2.24, 2.45) is 5.92 Å². The molecule has 1 aromatic rings. The third-order valence-electron chi connectivity index (χ3n) is 4.03. The fraction of sp³-hybridized carbons (Fsp3) is 0.579. The highest BCUT2D eigenvalue weighted by Crippen LogP contribution is 2.27. The van der Waals surface area contributed by atoms with E-state index in [0.717, 1.165) is 17.9 Å². The van der Waals surface area contributed by atoms with Crippen LogP contribution in [0.5, 0.6) is 5.75 Å². The molecule has 1 aliphatic rings. The highest BCUT2D eigenvalue weighted by atomic mass is 16.5. The maximum absolute atomic E-state index is 12.3. The zero-order chi connectivity index (χ0) is 18.2. The number of carbonyl (C=O) groups is 2. The summed E-state index contributed by atoms with van der Waals surface area (Å²) in [5.41, 5.74) is 0.800. The summed E-state index contributed by atoms with van der Waals surface area (Å²) in [4.78, 5) is 26.2. The third kappa shape index (κ3) is 5.74. The van der Waals surface area contributed by atoms with E-state index in [4.69, 9.17) is 9.47 Å². The molecule has 1 fully saturated rings. The Balaban J connectivity index is 1.81. The predicted octanol–water partition coefficient (Wildman–Crippen LogP) is 2.37.